The number of nitrogens with zero attached hydrogens (tertiary/aromatic N) is 5. The van der Waals surface area contributed by atoms with Crippen LogP contribution in [-0.4, -0.2) is 30.6 Å². The first-order valence-corrected chi connectivity index (χ1v) is 9.71. The van der Waals surface area contributed by atoms with Gasteiger partial charge < -0.3 is 9.84 Å². The monoisotopic (exact) mass is 390 g/mol. The van der Waals surface area contributed by atoms with Gasteiger partial charge >= 0.3 is 0 Å². The molecule has 4 aromatic rings. The topological polar surface area (TPSA) is 98.2 Å². The number of pyridine rings is 1. The fourth-order valence-electron chi connectivity index (χ4n) is 3.11. The zero-order valence-corrected chi connectivity index (χ0v) is 16.2. The summed E-state index contributed by atoms with van der Waals surface area (Å²) in [5.74, 6) is 1.71. The van der Waals surface area contributed by atoms with Gasteiger partial charge in [-0.2, -0.15) is 4.98 Å². The van der Waals surface area contributed by atoms with Gasteiger partial charge in [0.25, 0.3) is 5.89 Å². The molecule has 0 atom stereocenters. The van der Waals surface area contributed by atoms with Crippen LogP contribution >= 0.6 is 0 Å². The van der Waals surface area contributed by atoms with Crippen LogP contribution in [-0.2, 0) is 24.2 Å². The summed E-state index contributed by atoms with van der Waals surface area (Å²) in [5, 5.41) is 15.4. The maximum atomic E-state index is 12.2. The van der Waals surface area contributed by atoms with Gasteiger partial charge in [-0.1, -0.05) is 42.4 Å². The van der Waals surface area contributed by atoms with E-state index in [9.17, 15) is 4.79 Å². The minimum Gasteiger partial charge on any atom is -0.349 e. The van der Waals surface area contributed by atoms with Gasteiger partial charge in [-0.15, -0.1) is 10.2 Å². The number of fused-ring (bicyclic) bond motifs is 1. The van der Waals surface area contributed by atoms with Gasteiger partial charge in [0.05, 0.1) is 12.1 Å². The molecule has 0 aliphatic carbocycles. The molecule has 4 rings (SSSR count). The van der Waals surface area contributed by atoms with Crippen LogP contribution in [0, 0.1) is 0 Å². The van der Waals surface area contributed by atoms with Crippen molar-refractivity contribution in [3.05, 3.63) is 65.9 Å². The van der Waals surface area contributed by atoms with Crippen LogP contribution in [0.25, 0.3) is 17.1 Å². The summed E-state index contributed by atoms with van der Waals surface area (Å²) >= 11 is 0. The summed E-state index contributed by atoms with van der Waals surface area (Å²) in [6.45, 7) is 2.36. The summed E-state index contributed by atoms with van der Waals surface area (Å²) in [4.78, 5) is 16.6. The lowest BCUT2D eigenvalue weighted by atomic mass is 10.1. The Morgan fingerprint density at radius 3 is 2.79 bits per heavy atom. The van der Waals surface area contributed by atoms with Crippen LogP contribution in [0.2, 0.25) is 0 Å². The number of hydrogen-bond donors (Lipinski definition) is 1. The molecule has 0 saturated heterocycles. The average Bonchev–Trinajstić information content (AvgIpc) is 3.39. The van der Waals surface area contributed by atoms with E-state index in [0.717, 1.165) is 24.0 Å². The molecule has 0 aliphatic heterocycles. The van der Waals surface area contributed by atoms with Gasteiger partial charge in [0.15, 0.2) is 17.3 Å². The fourth-order valence-corrected chi connectivity index (χ4v) is 3.11. The van der Waals surface area contributed by atoms with E-state index in [1.165, 1.54) is 0 Å². The normalized spacial score (nSPS) is 11.1. The number of amides is 1. The van der Waals surface area contributed by atoms with Gasteiger partial charge in [0.2, 0.25) is 5.91 Å². The molecule has 1 aromatic carbocycles. The molecule has 0 spiro atoms. The highest BCUT2D eigenvalue weighted by molar-refractivity contribution is 5.76. The van der Waals surface area contributed by atoms with E-state index in [1.54, 1.807) is 0 Å². The maximum absolute atomic E-state index is 12.2. The molecule has 148 valence electrons. The van der Waals surface area contributed by atoms with E-state index in [2.05, 4.69) is 32.6 Å². The highest BCUT2D eigenvalue weighted by Gasteiger charge is 2.16. The Kier molecular flexibility index (Phi) is 5.60. The third-order valence-corrected chi connectivity index (χ3v) is 4.60. The predicted molar refractivity (Wildman–Crippen MR) is 107 cm³/mol. The van der Waals surface area contributed by atoms with Crippen molar-refractivity contribution < 1.29 is 9.32 Å². The second kappa shape index (κ2) is 8.64. The molecule has 0 unspecified atom stereocenters. The third-order valence-electron chi connectivity index (χ3n) is 4.60. The highest BCUT2D eigenvalue weighted by atomic mass is 16.5. The van der Waals surface area contributed by atoms with Crippen molar-refractivity contribution >= 4 is 11.6 Å². The lowest BCUT2D eigenvalue weighted by Crippen LogP contribution is -2.24. The molecule has 3 aromatic heterocycles. The van der Waals surface area contributed by atoms with Crippen molar-refractivity contribution in [2.24, 2.45) is 0 Å². The molecule has 1 amide bonds. The Morgan fingerprint density at radius 2 is 1.97 bits per heavy atom. The smallest absolute Gasteiger partial charge is 0.261 e. The summed E-state index contributed by atoms with van der Waals surface area (Å²) in [6.07, 6.45) is 4.69. The van der Waals surface area contributed by atoms with E-state index in [1.807, 2.05) is 53.1 Å². The lowest BCUT2D eigenvalue weighted by molar-refractivity contribution is -0.121. The summed E-state index contributed by atoms with van der Waals surface area (Å²) in [5.41, 5.74) is 2.48. The molecule has 8 heteroatoms. The number of benzene rings is 1. The predicted octanol–water partition coefficient (Wildman–Crippen LogP) is 2.98. The minimum absolute atomic E-state index is 0.0251. The number of hydrogen-bond acceptors (Lipinski definition) is 6. The van der Waals surface area contributed by atoms with E-state index in [0.29, 0.717) is 42.6 Å². The van der Waals surface area contributed by atoms with Crippen molar-refractivity contribution in [1.82, 2.24) is 30.1 Å². The molecular weight excluding hydrogens is 368 g/mol. The molecule has 29 heavy (non-hydrogen) atoms. The first-order chi connectivity index (χ1) is 14.2. The third kappa shape index (κ3) is 4.31. The van der Waals surface area contributed by atoms with Crippen molar-refractivity contribution in [3.63, 3.8) is 0 Å². The number of carbonyl (C=O) groups excluding carboxylic acids is 1. The van der Waals surface area contributed by atoms with Gasteiger partial charge in [0, 0.05) is 19.0 Å². The molecule has 0 saturated carbocycles. The average molecular weight is 390 g/mol. The van der Waals surface area contributed by atoms with Crippen molar-refractivity contribution in [2.45, 2.75) is 39.2 Å². The van der Waals surface area contributed by atoms with E-state index < -0.39 is 0 Å². The van der Waals surface area contributed by atoms with E-state index in [-0.39, 0.29) is 5.91 Å². The molecule has 3 heterocycles. The zero-order valence-electron chi connectivity index (χ0n) is 16.2. The molecule has 0 aliphatic rings. The lowest BCUT2D eigenvalue weighted by Gasteiger charge is -2.05. The van der Waals surface area contributed by atoms with Crippen LogP contribution in [0.1, 0.15) is 37.0 Å². The van der Waals surface area contributed by atoms with Gasteiger partial charge in [-0.05, 0) is 30.5 Å². The van der Waals surface area contributed by atoms with E-state index in [4.69, 9.17) is 4.52 Å². The molecule has 8 nitrogen and oxygen atoms in total. The molecule has 0 bridgehead atoms. The summed E-state index contributed by atoms with van der Waals surface area (Å²) in [7, 11) is 0. The van der Waals surface area contributed by atoms with Crippen molar-refractivity contribution in [3.8, 4) is 11.5 Å². The standard InChI is InChI=1S/C21H22N6O2/c1-2-7-17-23-21(29-26-17)16-10-6-13-27-18(24-25-20(16)27)14-22-19(28)12-11-15-8-4-3-5-9-15/h3-6,8-10,13H,2,7,11-12,14H2,1H3,(H,22,28). The van der Waals surface area contributed by atoms with Crippen LogP contribution in [0.5, 0.6) is 0 Å². The van der Waals surface area contributed by atoms with Crippen LogP contribution in [0.3, 0.4) is 0 Å². The second-order valence-corrected chi connectivity index (χ2v) is 6.76. The Bertz CT molecular complexity index is 1100. The molecular formula is C21H22N6O2. The number of rotatable bonds is 8. The number of aryl methyl sites for hydroxylation is 2. The fraction of sp³-hybridized carbons (Fsp3) is 0.286. The van der Waals surface area contributed by atoms with Crippen molar-refractivity contribution in [1.29, 1.82) is 0 Å². The maximum Gasteiger partial charge on any atom is 0.261 e. The SMILES string of the molecule is CCCc1noc(-c2cccn3c(CNC(=O)CCc4ccccc4)nnc23)n1. The van der Waals surface area contributed by atoms with Crippen LogP contribution in [0.4, 0.5) is 0 Å². The molecule has 1 N–H and O–H groups in total. The first kappa shape index (κ1) is 18.8. The number of carbonyl (C=O) groups is 1. The van der Waals surface area contributed by atoms with Crippen LogP contribution in [0.15, 0.2) is 53.2 Å². The Labute approximate surface area is 168 Å². The first-order valence-electron chi connectivity index (χ1n) is 9.71. The summed E-state index contributed by atoms with van der Waals surface area (Å²) in [6, 6.07) is 13.7. The van der Waals surface area contributed by atoms with Gasteiger partial charge in [-0.25, -0.2) is 0 Å². The van der Waals surface area contributed by atoms with E-state index >= 15 is 0 Å². The van der Waals surface area contributed by atoms with Crippen LogP contribution < -0.4 is 5.32 Å². The number of nitrogens with one attached hydrogen (secondary N) is 1. The quantitative estimate of drug-likeness (QED) is 0.497. The van der Waals surface area contributed by atoms with Crippen molar-refractivity contribution in [2.75, 3.05) is 0 Å². The Morgan fingerprint density at radius 1 is 1.10 bits per heavy atom. The van der Waals surface area contributed by atoms with Gasteiger partial charge in [0.1, 0.15) is 0 Å². The molecule has 0 fully saturated rings. The Hall–Kier alpha value is -3.55. The summed E-state index contributed by atoms with van der Waals surface area (Å²) < 4.78 is 7.21. The molecule has 0 radical (unpaired) electrons. The number of aromatic nitrogens is 5. The van der Waals surface area contributed by atoms with Gasteiger partial charge in [-0.3, -0.25) is 9.20 Å². The second-order valence-electron chi connectivity index (χ2n) is 6.76. The minimum atomic E-state index is -0.0251. The Balaban J connectivity index is 1.44. The zero-order chi connectivity index (χ0) is 20.1. The highest BCUT2D eigenvalue weighted by Crippen LogP contribution is 2.22. The largest absolute Gasteiger partial charge is 0.349 e.